The first-order valence-corrected chi connectivity index (χ1v) is 46.5. The van der Waals surface area contributed by atoms with Crippen molar-refractivity contribution in [2.75, 3.05) is 9.80 Å². The molecule has 130 heavy (non-hydrogen) atoms. The third kappa shape index (κ3) is 9.88. The molecule has 0 aromatic heterocycles. The molecule has 0 radical (unpaired) electrons. The fourth-order valence-corrected chi connectivity index (χ4v) is 26.9. The summed E-state index contributed by atoms with van der Waals surface area (Å²) in [6.07, 6.45) is 0. The van der Waals surface area contributed by atoms with E-state index in [1.165, 1.54) is 153 Å². The lowest BCUT2D eigenvalue weighted by molar-refractivity contribution is 0.436. The molecule has 6 heteroatoms. The lowest BCUT2D eigenvalue weighted by Crippen LogP contribution is -2.33. The molecule has 2 atom stereocenters. The minimum absolute atomic E-state index is 0.666. The molecule has 4 aliphatic carbocycles. The Balaban J connectivity index is 0.629. The monoisotopic (exact) mass is 1690 g/mol. The van der Waals surface area contributed by atoms with E-state index < -0.39 is 21.7 Å². The Morgan fingerprint density at radius 3 is 0.946 bits per heavy atom. The second-order valence-corrected chi connectivity index (χ2v) is 37.5. The van der Waals surface area contributed by atoms with Gasteiger partial charge in [0, 0.05) is 70.3 Å². The van der Waals surface area contributed by atoms with Crippen LogP contribution in [0.5, 0.6) is 23.0 Å². The Morgan fingerprint density at radius 2 is 0.469 bits per heavy atom. The van der Waals surface area contributed by atoms with E-state index in [0.717, 1.165) is 90.5 Å². The Morgan fingerprint density at radius 1 is 0.169 bits per heavy atom. The molecule has 606 valence electrons. The van der Waals surface area contributed by atoms with Crippen LogP contribution in [0.15, 0.2) is 481 Å². The summed E-state index contributed by atoms with van der Waals surface area (Å²) in [5, 5.41) is 0. The summed E-state index contributed by atoms with van der Waals surface area (Å²) in [4.78, 5) is 9.94. The van der Waals surface area contributed by atoms with Gasteiger partial charge in [-0.05, 0) is 248 Å². The number of fused-ring (bicyclic) bond motifs is 36. The van der Waals surface area contributed by atoms with Gasteiger partial charge < -0.3 is 19.3 Å². The van der Waals surface area contributed by atoms with Crippen LogP contribution in [0.3, 0.4) is 0 Å². The van der Waals surface area contributed by atoms with E-state index in [1.54, 1.807) is 0 Å². The van der Waals surface area contributed by atoms with Crippen LogP contribution < -0.4 is 19.3 Å². The topological polar surface area (TPSA) is 24.9 Å². The molecule has 8 aliphatic rings. The van der Waals surface area contributed by atoms with Crippen molar-refractivity contribution in [3.05, 3.63) is 550 Å². The number of ether oxygens (including phenoxy) is 2. The summed E-state index contributed by atoms with van der Waals surface area (Å²) in [6.45, 7) is 0. The predicted octanol–water partition coefficient (Wildman–Crippen LogP) is 32.2. The maximum atomic E-state index is 6.92. The highest BCUT2D eigenvalue weighted by Crippen LogP contribution is 2.71. The molecule has 0 saturated heterocycles. The summed E-state index contributed by atoms with van der Waals surface area (Å²) in [6, 6.07) is 174. The van der Waals surface area contributed by atoms with E-state index in [0.29, 0.717) is 0 Å². The van der Waals surface area contributed by atoms with Crippen molar-refractivity contribution < 1.29 is 9.47 Å². The quantitative estimate of drug-likeness (QED) is 0.143. The van der Waals surface area contributed by atoms with E-state index >= 15 is 0 Å². The number of nitrogens with zero attached hydrogens (tertiary/aromatic N) is 2. The molecular formula is C124H76N2O2S2. The van der Waals surface area contributed by atoms with E-state index in [2.05, 4.69) is 471 Å². The van der Waals surface area contributed by atoms with Gasteiger partial charge in [-0.3, -0.25) is 0 Å². The number of para-hydroxylation sites is 4. The highest BCUT2D eigenvalue weighted by Gasteiger charge is 2.57. The number of rotatable bonds is 9. The molecule has 20 aromatic rings. The van der Waals surface area contributed by atoms with Crippen molar-refractivity contribution in [2.24, 2.45) is 0 Å². The summed E-state index contributed by atoms with van der Waals surface area (Å²) in [5.74, 6) is 3.48. The average Bonchev–Trinajstić information content (AvgIpc) is 1.49. The smallest absolute Gasteiger partial charge is 0.132 e. The van der Waals surface area contributed by atoms with Crippen LogP contribution in [0.2, 0.25) is 0 Å². The van der Waals surface area contributed by atoms with Gasteiger partial charge in [-0.1, -0.05) is 381 Å². The molecule has 0 fully saturated rings. The van der Waals surface area contributed by atoms with Gasteiger partial charge in [0.05, 0.1) is 27.3 Å². The van der Waals surface area contributed by atoms with E-state index in [4.69, 9.17) is 9.47 Å². The van der Waals surface area contributed by atoms with Crippen molar-refractivity contribution >= 4 is 57.6 Å². The van der Waals surface area contributed by atoms with Crippen LogP contribution in [-0.4, -0.2) is 0 Å². The van der Waals surface area contributed by atoms with Crippen molar-refractivity contribution in [3.8, 4) is 101 Å². The third-order valence-electron chi connectivity index (χ3n) is 29.4. The minimum atomic E-state index is -0.768. The lowest BCUT2D eigenvalue weighted by atomic mass is 9.66. The third-order valence-corrected chi connectivity index (χ3v) is 31.7. The van der Waals surface area contributed by atoms with Crippen LogP contribution in [0, 0.1) is 0 Å². The van der Waals surface area contributed by atoms with Gasteiger partial charge in [-0.25, -0.2) is 0 Å². The fraction of sp³-hybridized carbons (Fsp3) is 0.0323. The fourth-order valence-electron chi connectivity index (χ4n) is 24.4. The molecule has 4 nitrogen and oxygen atoms in total. The highest BCUT2D eigenvalue weighted by atomic mass is 32.2. The van der Waals surface area contributed by atoms with Crippen molar-refractivity contribution in [3.63, 3.8) is 0 Å². The van der Waals surface area contributed by atoms with Crippen LogP contribution in [0.25, 0.3) is 77.9 Å². The van der Waals surface area contributed by atoms with Crippen LogP contribution >= 0.6 is 23.5 Å². The van der Waals surface area contributed by atoms with Crippen molar-refractivity contribution in [2.45, 2.75) is 41.2 Å². The summed E-state index contributed by atoms with van der Waals surface area (Å²) in [5.41, 5.74) is 40.2. The molecule has 2 unspecified atom stereocenters. The van der Waals surface area contributed by atoms with E-state index in [9.17, 15) is 0 Å². The summed E-state index contributed by atoms with van der Waals surface area (Å²) < 4.78 is 13.8. The molecule has 0 N–H and O–H groups in total. The first kappa shape index (κ1) is 73.5. The van der Waals surface area contributed by atoms with E-state index in [1.807, 2.05) is 23.5 Å². The second kappa shape index (κ2) is 27.9. The zero-order valence-corrected chi connectivity index (χ0v) is 72.0. The summed E-state index contributed by atoms with van der Waals surface area (Å²) >= 11 is 3.79. The molecule has 0 bridgehead atoms. The van der Waals surface area contributed by atoms with Crippen LogP contribution in [0.4, 0.5) is 34.1 Å². The largest absolute Gasteiger partial charge is 0.457 e. The Kier molecular flexibility index (Phi) is 15.8. The maximum Gasteiger partial charge on any atom is 0.132 e. The zero-order chi connectivity index (χ0) is 85.1. The highest BCUT2D eigenvalue weighted by molar-refractivity contribution is 8.00. The Labute approximate surface area is 763 Å². The van der Waals surface area contributed by atoms with Gasteiger partial charge in [0.25, 0.3) is 0 Å². The molecule has 4 spiro atoms. The number of hydrogen-bond donors (Lipinski definition) is 0. The number of benzene rings is 20. The SMILES string of the molecule is c1ccc(-c2ccc(N(c3ccc4c(c3)Sc3ccccc3C43c4ccccc4-c4c(-c5cccc6c5-c5ccccc5C65c6ccccc6Sc6c(N(c7ccc(-c8ccccc8)cc7)c7ccc8c(c7)C7(c9ccccc9Oc9ccccc97)c7ccccc7-8)cccc65)cccc43)c3ccc4c(c3)C3(c5ccccc5Oc5ccccc53)c3ccccc3-4)cc2)cc1. The number of hydrogen-bond acceptors (Lipinski definition) is 6. The van der Waals surface area contributed by atoms with Gasteiger partial charge in [-0.2, -0.15) is 0 Å². The molecular weight excluding hydrogens is 1610 g/mol. The molecule has 4 aliphatic heterocycles. The molecule has 20 aromatic carbocycles. The lowest BCUT2D eigenvalue weighted by Gasteiger charge is -2.42. The predicted molar refractivity (Wildman–Crippen MR) is 530 cm³/mol. The van der Waals surface area contributed by atoms with Crippen molar-refractivity contribution in [1.82, 2.24) is 0 Å². The number of anilines is 6. The Bertz CT molecular complexity index is 8130. The first-order chi connectivity index (χ1) is 64.5. The Hall–Kier alpha value is -15.7. The van der Waals surface area contributed by atoms with Gasteiger partial charge in [0.2, 0.25) is 0 Å². The second-order valence-electron chi connectivity index (χ2n) is 35.3. The zero-order valence-electron chi connectivity index (χ0n) is 70.4. The minimum Gasteiger partial charge on any atom is -0.457 e. The van der Waals surface area contributed by atoms with Crippen LogP contribution in [-0.2, 0) is 21.7 Å². The standard InChI is InChI=1S/C124H76N2O2S2/c1-3-30-77(31-4-1)79-60-64-81(65-61-79)125(83-68-71-88-86-34-7-11-40-94(86)121(108(88)74-83)98-44-15-21-54-111(98)127-112-55-22-16-45-99(112)121)85-70-73-104-117(76-85)129-115-58-25-19-48-102(115)123(104)96-42-13-9-36-92(96)118-90(38-27-50-105(118)123)91-39-28-51-106-119(91)93-37-10-14-43-97(93)124(106)103-49-20-26-59-116(103)130-120-107(124)52-29-53-110(120)126(82-66-62-80(63-67-82)78-32-5-2-6-33-78)84-69-72-89-87-35-8-12-41-95(87)122(109(89)75-84)100-46-17-23-56-113(100)128-114-57-24-18-47-101(114)122/h1-76H. The van der Waals surface area contributed by atoms with Gasteiger partial charge in [-0.15, -0.1) is 0 Å². The first-order valence-electron chi connectivity index (χ1n) is 44.9. The van der Waals surface area contributed by atoms with Gasteiger partial charge >= 0.3 is 0 Å². The van der Waals surface area contributed by atoms with Crippen LogP contribution in [0.1, 0.15) is 89.0 Å². The van der Waals surface area contributed by atoms with Crippen molar-refractivity contribution in [1.29, 1.82) is 0 Å². The summed E-state index contributed by atoms with van der Waals surface area (Å²) in [7, 11) is 0. The molecule has 28 rings (SSSR count). The van der Waals surface area contributed by atoms with E-state index in [-0.39, 0.29) is 0 Å². The normalized spacial score (nSPS) is 16.1. The maximum absolute atomic E-state index is 6.92. The molecule has 4 heterocycles. The van der Waals surface area contributed by atoms with Gasteiger partial charge in [0.15, 0.2) is 0 Å². The molecule has 0 saturated carbocycles. The average molecular weight is 1690 g/mol. The van der Waals surface area contributed by atoms with Gasteiger partial charge in [0.1, 0.15) is 23.0 Å². The molecule has 0 amide bonds.